The molecule has 0 saturated heterocycles. The highest BCUT2D eigenvalue weighted by molar-refractivity contribution is 5.66. The zero-order valence-corrected chi connectivity index (χ0v) is 14.4. The molecule has 1 aromatic heterocycles. The van der Waals surface area contributed by atoms with Crippen LogP contribution in [0.3, 0.4) is 0 Å². The topological polar surface area (TPSA) is 77.5 Å². The molecule has 1 aliphatic rings. The van der Waals surface area contributed by atoms with Crippen LogP contribution in [0.5, 0.6) is 17.2 Å². The molecule has 7 nitrogen and oxygen atoms in total. The molecule has 2 heterocycles. The number of methoxy groups -OCH3 is 1. The number of aromatic nitrogens is 2. The second kappa shape index (κ2) is 6.79. The minimum atomic E-state index is 0.243. The maximum Gasteiger partial charge on any atom is 0.231 e. The number of anilines is 4. The van der Waals surface area contributed by atoms with Crippen LogP contribution in [0.1, 0.15) is 5.69 Å². The van der Waals surface area contributed by atoms with Gasteiger partial charge < -0.3 is 24.8 Å². The van der Waals surface area contributed by atoms with Gasteiger partial charge in [-0.25, -0.2) is 4.98 Å². The highest BCUT2D eigenvalue weighted by Crippen LogP contribution is 2.35. The Hall–Kier alpha value is -3.48. The van der Waals surface area contributed by atoms with E-state index in [0.29, 0.717) is 17.5 Å². The van der Waals surface area contributed by atoms with Crippen LogP contribution in [0.15, 0.2) is 48.5 Å². The molecule has 0 atom stereocenters. The number of nitrogens with one attached hydrogen (secondary N) is 2. The second-order valence-corrected chi connectivity index (χ2v) is 5.74. The van der Waals surface area contributed by atoms with Gasteiger partial charge in [-0.05, 0) is 31.2 Å². The predicted molar refractivity (Wildman–Crippen MR) is 98.9 cm³/mol. The third-order valence-electron chi connectivity index (χ3n) is 3.85. The average Bonchev–Trinajstić information content (AvgIpc) is 3.09. The van der Waals surface area contributed by atoms with Crippen LogP contribution in [-0.2, 0) is 0 Å². The minimum absolute atomic E-state index is 0.243. The van der Waals surface area contributed by atoms with Crippen LogP contribution >= 0.6 is 0 Å². The fourth-order valence-corrected chi connectivity index (χ4v) is 2.68. The van der Waals surface area contributed by atoms with Crippen LogP contribution < -0.4 is 24.8 Å². The van der Waals surface area contributed by atoms with Crippen LogP contribution in [0.4, 0.5) is 23.1 Å². The first-order valence-corrected chi connectivity index (χ1v) is 8.14. The van der Waals surface area contributed by atoms with Crippen LogP contribution in [0.25, 0.3) is 0 Å². The Bertz CT molecular complexity index is 946. The lowest BCUT2D eigenvalue weighted by Crippen LogP contribution is -2.03. The van der Waals surface area contributed by atoms with Crippen LogP contribution in [0, 0.1) is 6.92 Å². The molecule has 3 aromatic rings. The van der Waals surface area contributed by atoms with Crippen molar-refractivity contribution < 1.29 is 14.2 Å². The Morgan fingerprint density at radius 1 is 0.962 bits per heavy atom. The number of para-hydroxylation sites is 2. The van der Waals surface area contributed by atoms with Gasteiger partial charge in [0.2, 0.25) is 12.7 Å². The Balaban J connectivity index is 1.58. The number of benzene rings is 2. The van der Waals surface area contributed by atoms with E-state index < -0.39 is 0 Å². The number of hydrogen-bond donors (Lipinski definition) is 2. The molecule has 7 heteroatoms. The standard InChI is InChI=1S/C19H18N4O3/c1-12-9-18(22-14-5-3-4-6-15(14)24-2)23-19(20-12)21-13-7-8-16-17(10-13)26-11-25-16/h3-10H,11H2,1-2H3,(H2,20,21,22,23). The molecule has 0 saturated carbocycles. The van der Waals surface area contributed by atoms with Gasteiger partial charge in [-0.2, -0.15) is 4.98 Å². The van der Waals surface area contributed by atoms with E-state index in [4.69, 9.17) is 14.2 Å². The van der Waals surface area contributed by atoms with Gasteiger partial charge in [-0.3, -0.25) is 0 Å². The summed E-state index contributed by atoms with van der Waals surface area (Å²) in [5.74, 6) is 3.34. The molecule has 0 unspecified atom stereocenters. The van der Waals surface area contributed by atoms with E-state index in [-0.39, 0.29) is 6.79 Å². The Labute approximate surface area is 151 Å². The van der Waals surface area contributed by atoms with E-state index in [0.717, 1.165) is 28.6 Å². The number of rotatable bonds is 5. The van der Waals surface area contributed by atoms with Gasteiger partial charge in [0, 0.05) is 23.5 Å². The second-order valence-electron chi connectivity index (χ2n) is 5.74. The maximum atomic E-state index is 5.40. The highest BCUT2D eigenvalue weighted by atomic mass is 16.7. The summed E-state index contributed by atoms with van der Waals surface area (Å²) < 4.78 is 16.1. The van der Waals surface area contributed by atoms with Crippen molar-refractivity contribution >= 4 is 23.1 Å². The molecule has 1 aliphatic heterocycles. The van der Waals surface area contributed by atoms with Crippen molar-refractivity contribution in [3.63, 3.8) is 0 Å². The molecule has 0 fully saturated rings. The number of aryl methyl sites for hydroxylation is 1. The zero-order valence-electron chi connectivity index (χ0n) is 14.4. The molecule has 2 N–H and O–H groups in total. The van der Waals surface area contributed by atoms with Gasteiger partial charge in [-0.1, -0.05) is 12.1 Å². The summed E-state index contributed by atoms with van der Waals surface area (Å²) in [5, 5.41) is 6.47. The molecule has 0 aliphatic carbocycles. The van der Waals surface area contributed by atoms with Gasteiger partial charge in [0.1, 0.15) is 11.6 Å². The van der Waals surface area contributed by atoms with Crippen LogP contribution in [0.2, 0.25) is 0 Å². The van der Waals surface area contributed by atoms with Gasteiger partial charge >= 0.3 is 0 Å². The number of nitrogens with zero attached hydrogens (tertiary/aromatic N) is 2. The third-order valence-corrected chi connectivity index (χ3v) is 3.85. The Kier molecular flexibility index (Phi) is 4.18. The van der Waals surface area contributed by atoms with Crippen molar-refractivity contribution in [1.82, 2.24) is 9.97 Å². The van der Waals surface area contributed by atoms with E-state index in [9.17, 15) is 0 Å². The molecule has 26 heavy (non-hydrogen) atoms. The van der Waals surface area contributed by atoms with Gasteiger partial charge in [0.15, 0.2) is 11.5 Å². The number of ether oxygens (including phenoxy) is 3. The summed E-state index contributed by atoms with van der Waals surface area (Å²) in [6.07, 6.45) is 0. The first-order valence-electron chi connectivity index (χ1n) is 8.14. The van der Waals surface area contributed by atoms with Crippen molar-refractivity contribution in [2.24, 2.45) is 0 Å². The quantitative estimate of drug-likeness (QED) is 0.720. The van der Waals surface area contributed by atoms with Crippen molar-refractivity contribution in [2.75, 3.05) is 24.5 Å². The molecular weight excluding hydrogens is 332 g/mol. The van der Waals surface area contributed by atoms with E-state index in [1.54, 1.807) is 7.11 Å². The fraction of sp³-hybridized carbons (Fsp3) is 0.158. The summed E-state index contributed by atoms with van der Waals surface area (Å²) in [6, 6.07) is 15.2. The Morgan fingerprint density at radius 3 is 2.69 bits per heavy atom. The highest BCUT2D eigenvalue weighted by Gasteiger charge is 2.14. The van der Waals surface area contributed by atoms with E-state index >= 15 is 0 Å². The average molecular weight is 350 g/mol. The van der Waals surface area contributed by atoms with E-state index in [2.05, 4.69) is 20.6 Å². The third kappa shape index (κ3) is 3.32. The van der Waals surface area contributed by atoms with Crippen molar-refractivity contribution in [3.05, 3.63) is 54.2 Å². The summed E-state index contributed by atoms with van der Waals surface area (Å²) in [5.41, 5.74) is 2.49. The molecule has 0 amide bonds. The molecule has 2 aromatic carbocycles. The Morgan fingerprint density at radius 2 is 1.81 bits per heavy atom. The number of fused-ring (bicyclic) bond motifs is 1. The maximum absolute atomic E-state index is 5.40. The first-order chi connectivity index (χ1) is 12.7. The first kappa shape index (κ1) is 16.0. The molecule has 4 rings (SSSR count). The van der Waals surface area contributed by atoms with Gasteiger partial charge in [-0.15, -0.1) is 0 Å². The van der Waals surface area contributed by atoms with E-state index in [1.165, 1.54) is 0 Å². The zero-order chi connectivity index (χ0) is 17.9. The van der Waals surface area contributed by atoms with Crippen molar-refractivity contribution in [3.8, 4) is 17.2 Å². The predicted octanol–water partition coefficient (Wildman–Crippen LogP) is 4.01. The summed E-state index contributed by atoms with van der Waals surface area (Å²) in [7, 11) is 1.64. The smallest absolute Gasteiger partial charge is 0.231 e. The summed E-state index contributed by atoms with van der Waals surface area (Å²) >= 11 is 0. The normalized spacial score (nSPS) is 11.9. The van der Waals surface area contributed by atoms with Crippen molar-refractivity contribution in [2.45, 2.75) is 6.92 Å². The SMILES string of the molecule is COc1ccccc1Nc1cc(C)nc(Nc2ccc3c(c2)OCO3)n1. The number of hydrogen-bond acceptors (Lipinski definition) is 7. The lowest BCUT2D eigenvalue weighted by atomic mass is 10.3. The summed E-state index contributed by atoms with van der Waals surface area (Å²) in [4.78, 5) is 8.97. The molecule has 0 bridgehead atoms. The van der Waals surface area contributed by atoms with Gasteiger partial charge in [0.05, 0.1) is 12.8 Å². The molecule has 132 valence electrons. The minimum Gasteiger partial charge on any atom is -0.495 e. The molecule has 0 spiro atoms. The lowest BCUT2D eigenvalue weighted by molar-refractivity contribution is 0.174. The lowest BCUT2D eigenvalue weighted by Gasteiger charge is -2.12. The van der Waals surface area contributed by atoms with E-state index in [1.807, 2.05) is 55.5 Å². The molecular formula is C19H18N4O3. The van der Waals surface area contributed by atoms with Gasteiger partial charge in [0.25, 0.3) is 0 Å². The van der Waals surface area contributed by atoms with Crippen molar-refractivity contribution in [1.29, 1.82) is 0 Å². The van der Waals surface area contributed by atoms with Crippen LogP contribution in [-0.4, -0.2) is 23.9 Å². The molecule has 0 radical (unpaired) electrons. The largest absolute Gasteiger partial charge is 0.495 e. The summed E-state index contributed by atoms with van der Waals surface area (Å²) in [6.45, 7) is 2.16. The fourth-order valence-electron chi connectivity index (χ4n) is 2.68. The monoisotopic (exact) mass is 350 g/mol.